The summed E-state index contributed by atoms with van der Waals surface area (Å²) in [7, 11) is 3.27. The van der Waals surface area contributed by atoms with Gasteiger partial charge in [-0.2, -0.15) is 4.57 Å². The van der Waals surface area contributed by atoms with Gasteiger partial charge in [-0.15, -0.1) is 0 Å². The summed E-state index contributed by atoms with van der Waals surface area (Å²) in [6, 6.07) is 11.8. The van der Waals surface area contributed by atoms with E-state index in [-0.39, 0.29) is 24.0 Å². The smallest absolute Gasteiger partial charge is 0.175 e. The van der Waals surface area contributed by atoms with E-state index in [4.69, 9.17) is 9.47 Å². The van der Waals surface area contributed by atoms with Gasteiger partial charge in [0.25, 0.3) is 0 Å². The van der Waals surface area contributed by atoms with E-state index in [1.54, 1.807) is 14.2 Å². The van der Waals surface area contributed by atoms with E-state index < -0.39 is 0 Å². The van der Waals surface area contributed by atoms with Crippen molar-refractivity contribution in [3.05, 3.63) is 54.4 Å². The molecule has 0 aliphatic carbocycles. The zero-order valence-electron chi connectivity index (χ0n) is 10.9. The monoisotopic (exact) mass is 369 g/mol. The third kappa shape index (κ3) is 4.24. The Hall–Kier alpha value is -1.56. The quantitative estimate of drug-likeness (QED) is 0.542. The lowest BCUT2D eigenvalue weighted by Crippen LogP contribution is -3.00. The van der Waals surface area contributed by atoms with Crippen molar-refractivity contribution in [1.82, 2.24) is 0 Å². The second-order valence-electron chi connectivity index (χ2n) is 3.75. The van der Waals surface area contributed by atoms with Crippen LogP contribution >= 0.6 is 0 Å². The second kappa shape index (κ2) is 7.78. The number of pyridine rings is 1. The zero-order chi connectivity index (χ0) is 12.8. The number of nitrogens with zero attached hydrogens (tertiary/aromatic N) is 1. The van der Waals surface area contributed by atoms with E-state index in [1.807, 2.05) is 65.6 Å². The summed E-state index contributed by atoms with van der Waals surface area (Å²) < 4.78 is 12.4. The Labute approximate surface area is 130 Å². The van der Waals surface area contributed by atoms with E-state index in [1.165, 1.54) is 0 Å². The predicted molar refractivity (Wildman–Crippen MR) is 71.4 cm³/mol. The Balaban J connectivity index is 0.00000180. The molecule has 0 unspecified atom stereocenters. The SMILES string of the molecule is COc1ccc(/C=C/[n+]2ccccc2)cc1OC.[I-]. The molecule has 1 aromatic carbocycles. The maximum Gasteiger partial charge on any atom is 0.175 e. The van der Waals surface area contributed by atoms with Crippen molar-refractivity contribution in [3.8, 4) is 11.5 Å². The van der Waals surface area contributed by atoms with Gasteiger partial charge in [0.15, 0.2) is 30.1 Å². The van der Waals surface area contributed by atoms with Crippen LogP contribution in [-0.4, -0.2) is 14.2 Å². The van der Waals surface area contributed by atoms with Crippen molar-refractivity contribution >= 4 is 12.3 Å². The molecular formula is C15H16INO2. The lowest BCUT2D eigenvalue weighted by atomic mass is 10.2. The molecule has 0 saturated carbocycles. The summed E-state index contributed by atoms with van der Waals surface area (Å²) in [6.07, 6.45) is 7.97. The van der Waals surface area contributed by atoms with Crippen LogP contribution < -0.4 is 38.0 Å². The van der Waals surface area contributed by atoms with Gasteiger partial charge in [-0.05, 0) is 17.7 Å². The van der Waals surface area contributed by atoms with Crippen LogP contribution in [0.5, 0.6) is 11.5 Å². The summed E-state index contributed by atoms with van der Waals surface area (Å²) >= 11 is 0. The van der Waals surface area contributed by atoms with Crippen molar-refractivity contribution in [3.63, 3.8) is 0 Å². The van der Waals surface area contributed by atoms with Crippen LogP contribution in [-0.2, 0) is 0 Å². The molecule has 0 aliphatic rings. The minimum Gasteiger partial charge on any atom is -1.00 e. The maximum atomic E-state index is 5.26. The average molecular weight is 369 g/mol. The highest BCUT2D eigenvalue weighted by molar-refractivity contribution is 5.60. The van der Waals surface area contributed by atoms with Crippen molar-refractivity contribution in [2.45, 2.75) is 0 Å². The number of hydrogen-bond acceptors (Lipinski definition) is 2. The van der Waals surface area contributed by atoms with Crippen molar-refractivity contribution in [2.75, 3.05) is 14.2 Å². The number of ether oxygens (including phenoxy) is 2. The van der Waals surface area contributed by atoms with Crippen molar-refractivity contribution in [2.24, 2.45) is 0 Å². The molecule has 2 rings (SSSR count). The van der Waals surface area contributed by atoms with Gasteiger partial charge in [-0.1, -0.05) is 12.1 Å². The maximum absolute atomic E-state index is 5.26. The topological polar surface area (TPSA) is 22.3 Å². The van der Waals surface area contributed by atoms with Gasteiger partial charge in [0.2, 0.25) is 0 Å². The van der Waals surface area contributed by atoms with Crippen molar-refractivity contribution in [1.29, 1.82) is 0 Å². The van der Waals surface area contributed by atoms with Gasteiger partial charge in [-0.3, -0.25) is 0 Å². The lowest BCUT2D eigenvalue weighted by molar-refractivity contribution is -0.567. The van der Waals surface area contributed by atoms with Crippen LogP contribution in [0.25, 0.3) is 12.3 Å². The summed E-state index contributed by atoms with van der Waals surface area (Å²) in [5, 5.41) is 0. The minimum absolute atomic E-state index is 0. The molecule has 0 spiro atoms. The number of halogens is 1. The lowest BCUT2D eigenvalue weighted by Gasteiger charge is -2.07. The van der Waals surface area contributed by atoms with Gasteiger partial charge in [0, 0.05) is 18.2 Å². The van der Waals surface area contributed by atoms with Gasteiger partial charge >= 0.3 is 0 Å². The van der Waals surface area contributed by atoms with Gasteiger partial charge in [0.05, 0.1) is 14.2 Å². The zero-order valence-corrected chi connectivity index (χ0v) is 13.1. The number of hydrogen-bond donors (Lipinski definition) is 0. The number of benzene rings is 1. The normalized spacial score (nSPS) is 10.0. The van der Waals surface area contributed by atoms with Crippen LogP contribution in [0.2, 0.25) is 0 Å². The van der Waals surface area contributed by atoms with Gasteiger partial charge in [-0.25, -0.2) is 0 Å². The minimum atomic E-state index is 0. The van der Waals surface area contributed by atoms with E-state index in [9.17, 15) is 0 Å². The predicted octanol–water partition coefficient (Wildman–Crippen LogP) is -0.377. The first-order chi connectivity index (χ1) is 8.83. The Kier molecular flexibility index (Phi) is 6.35. The molecular weight excluding hydrogens is 353 g/mol. The highest BCUT2D eigenvalue weighted by Gasteiger charge is 2.03. The van der Waals surface area contributed by atoms with Crippen LogP contribution in [0.1, 0.15) is 5.56 Å². The van der Waals surface area contributed by atoms with E-state index in [2.05, 4.69) is 0 Å². The molecule has 0 atom stereocenters. The van der Waals surface area contributed by atoms with Crippen LogP contribution in [0.3, 0.4) is 0 Å². The molecule has 2 aromatic rings. The van der Waals surface area contributed by atoms with E-state index in [0.29, 0.717) is 0 Å². The number of aromatic nitrogens is 1. The van der Waals surface area contributed by atoms with Crippen LogP contribution in [0.4, 0.5) is 0 Å². The van der Waals surface area contributed by atoms with Crippen molar-refractivity contribution < 1.29 is 38.0 Å². The van der Waals surface area contributed by atoms with Crippen LogP contribution in [0, 0.1) is 0 Å². The summed E-state index contributed by atoms with van der Waals surface area (Å²) in [5.41, 5.74) is 1.06. The number of methoxy groups -OCH3 is 2. The first-order valence-corrected chi connectivity index (χ1v) is 5.69. The summed E-state index contributed by atoms with van der Waals surface area (Å²) in [4.78, 5) is 0. The Morgan fingerprint density at radius 3 is 2.26 bits per heavy atom. The molecule has 0 radical (unpaired) electrons. The fraction of sp³-hybridized carbons (Fsp3) is 0.133. The first kappa shape index (κ1) is 15.5. The molecule has 3 nitrogen and oxygen atoms in total. The molecule has 0 amide bonds. The Morgan fingerprint density at radius 2 is 1.63 bits per heavy atom. The average Bonchev–Trinajstić information content (AvgIpc) is 2.45. The summed E-state index contributed by atoms with van der Waals surface area (Å²) in [5.74, 6) is 1.47. The molecule has 100 valence electrons. The number of rotatable bonds is 4. The molecule has 0 N–H and O–H groups in total. The molecule has 0 bridgehead atoms. The molecule has 1 heterocycles. The Morgan fingerprint density at radius 1 is 0.947 bits per heavy atom. The van der Waals surface area contributed by atoms with Gasteiger partial charge < -0.3 is 33.5 Å². The largest absolute Gasteiger partial charge is 1.00 e. The fourth-order valence-electron chi connectivity index (χ4n) is 1.64. The van der Waals surface area contributed by atoms with E-state index >= 15 is 0 Å². The summed E-state index contributed by atoms with van der Waals surface area (Å²) in [6.45, 7) is 0. The highest BCUT2D eigenvalue weighted by Crippen LogP contribution is 2.27. The Bertz CT molecular complexity index is 541. The first-order valence-electron chi connectivity index (χ1n) is 5.69. The molecule has 0 aliphatic heterocycles. The molecule has 1 aromatic heterocycles. The second-order valence-corrected chi connectivity index (χ2v) is 3.75. The third-order valence-corrected chi connectivity index (χ3v) is 2.59. The molecule has 0 saturated heterocycles. The van der Waals surface area contributed by atoms with Crippen LogP contribution in [0.15, 0.2) is 48.8 Å². The fourth-order valence-corrected chi connectivity index (χ4v) is 1.64. The van der Waals surface area contributed by atoms with E-state index in [0.717, 1.165) is 17.1 Å². The standard InChI is InChI=1S/C15H16NO2.HI/c1-17-14-7-6-13(12-15(14)18-2)8-11-16-9-4-3-5-10-16;/h3-12H,1-2H3;1H/q+1;/p-1/b11-8+;. The molecule has 0 fully saturated rings. The van der Waals surface area contributed by atoms with Gasteiger partial charge in [0.1, 0.15) is 0 Å². The highest BCUT2D eigenvalue weighted by atomic mass is 127. The molecule has 19 heavy (non-hydrogen) atoms. The third-order valence-electron chi connectivity index (χ3n) is 2.59. The molecule has 4 heteroatoms.